The van der Waals surface area contributed by atoms with Gasteiger partial charge in [-0.3, -0.25) is 24.5 Å². The molecule has 10 heteroatoms. The summed E-state index contributed by atoms with van der Waals surface area (Å²) in [5, 5.41) is 24.3. The summed E-state index contributed by atoms with van der Waals surface area (Å²) in [7, 11) is 0. The van der Waals surface area contributed by atoms with Crippen molar-refractivity contribution in [2.45, 2.75) is 23.0 Å². The van der Waals surface area contributed by atoms with Crippen LogP contribution in [0.25, 0.3) is 0 Å². The largest absolute Gasteiger partial charge is 0.481 e. The molecule has 0 aliphatic heterocycles. The molecule has 174 valence electrons. The van der Waals surface area contributed by atoms with Crippen LogP contribution in [0.5, 0.6) is 0 Å². The number of hydrogen-bond acceptors (Lipinski definition) is 6. The summed E-state index contributed by atoms with van der Waals surface area (Å²) in [5.74, 6) is -1.73. The van der Waals surface area contributed by atoms with E-state index in [0.29, 0.717) is 11.4 Å². The van der Waals surface area contributed by atoms with E-state index in [9.17, 15) is 24.5 Å². The van der Waals surface area contributed by atoms with Crippen LogP contribution in [0.2, 0.25) is 0 Å². The maximum Gasteiger partial charge on any atom is 0.303 e. The van der Waals surface area contributed by atoms with Crippen molar-refractivity contribution < 1.29 is 24.4 Å². The molecule has 0 aromatic heterocycles. The minimum absolute atomic E-state index is 0.0675. The third-order valence-corrected chi connectivity index (χ3v) is 5.91. The van der Waals surface area contributed by atoms with Crippen molar-refractivity contribution >= 4 is 46.6 Å². The van der Waals surface area contributed by atoms with E-state index >= 15 is 0 Å². The number of aliphatic carboxylic acids is 1. The van der Waals surface area contributed by atoms with Gasteiger partial charge in [-0.25, -0.2) is 0 Å². The van der Waals surface area contributed by atoms with Gasteiger partial charge in [0.25, 0.3) is 5.69 Å². The van der Waals surface area contributed by atoms with Gasteiger partial charge in [-0.15, -0.1) is 11.8 Å². The Morgan fingerprint density at radius 2 is 1.44 bits per heavy atom. The highest BCUT2D eigenvalue weighted by Gasteiger charge is 2.22. The minimum atomic E-state index is -1.04. The SMILES string of the molecule is O=C(O)CCC(=O)Nc1ccc(SC(C(=O)Nc2ccc([N+](=O)[O-])cc2)c2ccccc2)cc1. The van der Waals surface area contributed by atoms with Crippen LogP contribution >= 0.6 is 11.8 Å². The van der Waals surface area contributed by atoms with E-state index in [4.69, 9.17) is 5.11 Å². The second-order valence-electron chi connectivity index (χ2n) is 7.17. The molecule has 34 heavy (non-hydrogen) atoms. The number of thioether (sulfide) groups is 1. The van der Waals surface area contributed by atoms with Crippen molar-refractivity contribution in [3.63, 3.8) is 0 Å². The van der Waals surface area contributed by atoms with E-state index < -0.39 is 22.0 Å². The molecule has 0 radical (unpaired) electrons. The molecule has 0 aliphatic rings. The molecule has 3 aromatic rings. The van der Waals surface area contributed by atoms with Crippen LogP contribution in [0, 0.1) is 10.1 Å². The number of hydrogen-bond donors (Lipinski definition) is 3. The molecule has 0 fully saturated rings. The molecule has 2 amide bonds. The number of amides is 2. The van der Waals surface area contributed by atoms with Gasteiger partial charge in [0.05, 0.1) is 11.3 Å². The number of nitrogens with one attached hydrogen (secondary N) is 2. The third-order valence-electron chi connectivity index (χ3n) is 4.64. The lowest BCUT2D eigenvalue weighted by Crippen LogP contribution is -2.19. The highest BCUT2D eigenvalue weighted by Crippen LogP contribution is 2.36. The van der Waals surface area contributed by atoms with E-state index in [-0.39, 0.29) is 24.4 Å². The summed E-state index contributed by atoms with van der Waals surface area (Å²) in [6.07, 6.45) is -0.368. The number of rotatable bonds is 10. The van der Waals surface area contributed by atoms with Crippen LogP contribution in [0.3, 0.4) is 0 Å². The lowest BCUT2D eigenvalue weighted by molar-refractivity contribution is -0.384. The molecule has 0 spiro atoms. The number of carboxylic acids is 1. The Morgan fingerprint density at radius 1 is 0.853 bits per heavy atom. The Hall–Kier alpha value is -4.18. The number of carbonyl (C=O) groups excluding carboxylic acids is 2. The van der Waals surface area contributed by atoms with Gasteiger partial charge in [-0.1, -0.05) is 30.3 Å². The number of benzene rings is 3. The van der Waals surface area contributed by atoms with Gasteiger partial charge in [0, 0.05) is 34.8 Å². The van der Waals surface area contributed by atoms with Crippen LogP contribution in [0.15, 0.2) is 83.8 Å². The minimum Gasteiger partial charge on any atom is -0.481 e. The highest BCUT2D eigenvalue weighted by atomic mass is 32.2. The monoisotopic (exact) mass is 479 g/mol. The van der Waals surface area contributed by atoms with Gasteiger partial charge in [0.2, 0.25) is 11.8 Å². The molecule has 0 saturated heterocycles. The molecular weight excluding hydrogens is 458 g/mol. The highest BCUT2D eigenvalue weighted by molar-refractivity contribution is 8.00. The van der Waals surface area contributed by atoms with Gasteiger partial charge in [-0.05, 0) is 42.0 Å². The van der Waals surface area contributed by atoms with Crippen molar-refractivity contribution in [2.75, 3.05) is 10.6 Å². The summed E-state index contributed by atoms with van der Waals surface area (Å²) >= 11 is 1.31. The average molecular weight is 480 g/mol. The lowest BCUT2D eigenvalue weighted by atomic mass is 10.1. The van der Waals surface area contributed by atoms with Gasteiger partial charge in [0.1, 0.15) is 5.25 Å². The normalized spacial score (nSPS) is 11.3. The molecule has 3 aromatic carbocycles. The van der Waals surface area contributed by atoms with E-state index in [1.54, 1.807) is 24.3 Å². The molecule has 0 saturated carbocycles. The molecular formula is C24H21N3O6S. The molecule has 3 rings (SSSR count). The zero-order valence-electron chi connectivity index (χ0n) is 17.8. The second kappa shape index (κ2) is 11.6. The Morgan fingerprint density at radius 3 is 2.03 bits per heavy atom. The topological polar surface area (TPSA) is 139 Å². The second-order valence-corrected chi connectivity index (χ2v) is 8.35. The quantitative estimate of drug-likeness (QED) is 0.214. The number of nitro benzene ring substituents is 1. The number of nitro groups is 1. The molecule has 1 unspecified atom stereocenters. The molecule has 0 bridgehead atoms. The fourth-order valence-corrected chi connectivity index (χ4v) is 4.00. The summed E-state index contributed by atoms with van der Waals surface area (Å²) in [4.78, 5) is 46.6. The Bertz CT molecular complexity index is 1170. The Kier molecular flexibility index (Phi) is 8.36. The first-order chi connectivity index (χ1) is 16.3. The molecule has 0 aliphatic carbocycles. The summed E-state index contributed by atoms with van der Waals surface area (Å²) in [5.41, 5.74) is 1.67. The smallest absolute Gasteiger partial charge is 0.303 e. The fourth-order valence-electron chi connectivity index (χ4n) is 2.97. The zero-order chi connectivity index (χ0) is 24.5. The van der Waals surface area contributed by atoms with Crippen LogP contribution in [-0.4, -0.2) is 27.8 Å². The maximum absolute atomic E-state index is 13.1. The van der Waals surface area contributed by atoms with Gasteiger partial charge in [0.15, 0.2) is 0 Å². The van der Waals surface area contributed by atoms with Crippen LogP contribution in [0.4, 0.5) is 17.1 Å². The van der Waals surface area contributed by atoms with Crippen molar-refractivity contribution in [1.82, 2.24) is 0 Å². The van der Waals surface area contributed by atoms with Crippen LogP contribution < -0.4 is 10.6 Å². The Labute approximate surface area is 199 Å². The first-order valence-electron chi connectivity index (χ1n) is 10.2. The summed E-state index contributed by atoms with van der Waals surface area (Å²) < 4.78 is 0. The molecule has 0 heterocycles. The summed E-state index contributed by atoms with van der Waals surface area (Å²) in [6, 6.07) is 21.7. The number of anilines is 2. The first-order valence-corrected chi connectivity index (χ1v) is 11.1. The number of carboxylic acid groups (broad SMARTS) is 1. The van der Waals surface area contributed by atoms with Crippen molar-refractivity contribution in [3.05, 3.63) is 94.5 Å². The molecule has 9 nitrogen and oxygen atoms in total. The van der Waals surface area contributed by atoms with Crippen LogP contribution in [-0.2, 0) is 14.4 Å². The lowest BCUT2D eigenvalue weighted by Gasteiger charge is -2.17. The van der Waals surface area contributed by atoms with E-state index in [1.807, 2.05) is 30.3 Å². The maximum atomic E-state index is 13.1. The fraction of sp³-hybridized carbons (Fsp3) is 0.125. The van der Waals surface area contributed by atoms with E-state index in [2.05, 4.69) is 10.6 Å². The molecule has 1 atom stereocenters. The van der Waals surface area contributed by atoms with Crippen molar-refractivity contribution in [3.8, 4) is 0 Å². The van der Waals surface area contributed by atoms with Gasteiger partial charge < -0.3 is 15.7 Å². The van der Waals surface area contributed by atoms with Crippen molar-refractivity contribution in [2.24, 2.45) is 0 Å². The van der Waals surface area contributed by atoms with Crippen LogP contribution in [0.1, 0.15) is 23.7 Å². The molecule has 3 N–H and O–H groups in total. The number of carbonyl (C=O) groups is 3. The van der Waals surface area contributed by atoms with E-state index in [0.717, 1.165) is 10.5 Å². The predicted octanol–water partition coefficient (Wildman–Crippen LogP) is 4.87. The number of non-ortho nitro benzene ring substituents is 1. The zero-order valence-corrected chi connectivity index (χ0v) is 18.7. The van der Waals surface area contributed by atoms with Gasteiger partial charge >= 0.3 is 5.97 Å². The third kappa shape index (κ3) is 7.17. The first kappa shape index (κ1) is 24.5. The van der Waals surface area contributed by atoms with Gasteiger partial charge in [-0.2, -0.15) is 0 Å². The Balaban J connectivity index is 1.71. The average Bonchev–Trinajstić information content (AvgIpc) is 2.83. The standard InChI is InChI=1S/C24H21N3O6S/c28-21(14-15-22(29)30)25-17-8-12-20(13-9-17)34-23(16-4-2-1-3-5-16)24(31)26-18-6-10-19(11-7-18)27(32)33/h1-13,23H,14-15H2,(H,25,28)(H,26,31)(H,29,30). The van der Waals surface area contributed by atoms with E-state index in [1.165, 1.54) is 36.0 Å². The van der Waals surface area contributed by atoms with Crippen molar-refractivity contribution in [1.29, 1.82) is 0 Å². The number of nitrogens with zero attached hydrogens (tertiary/aromatic N) is 1. The summed E-state index contributed by atoms with van der Waals surface area (Å²) in [6.45, 7) is 0. The predicted molar refractivity (Wildman–Crippen MR) is 129 cm³/mol.